The summed E-state index contributed by atoms with van der Waals surface area (Å²) in [6.45, 7) is 2.34. The molecular weight excluding hydrogens is 401 g/mol. The van der Waals surface area contributed by atoms with E-state index >= 15 is 0 Å². The monoisotopic (exact) mass is 426 g/mol. The number of ether oxygens (including phenoxy) is 1. The average Bonchev–Trinajstić information content (AvgIpc) is 3.42. The van der Waals surface area contributed by atoms with Gasteiger partial charge in [0.25, 0.3) is 0 Å². The Labute approximate surface area is 173 Å². The quantitative estimate of drug-likeness (QED) is 0.600. The summed E-state index contributed by atoms with van der Waals surface area (Å²) >= 11 is 0. The molecule has 2 amide bonds. The van der Waals surface area contributed by atoms with Crippen LogP contribution in [0.15, 0.2) is 24.3 Å². The molecule has 9 heteroatoms. The Bertz CT molecular complexity index is 808. The Morgan fingerprint density at radius 3 is 2.63 bits per heavy atom. The number of nitrogens with zero attached hydrogens (tertiary/aromatic N) is 2. The molecule has 1 aromatic rings. The summed E-state index contributed by atoms with van der Waals surface area (Å²) in [6, 6.07) is 4.82. The molecule has 0 bridgehead atoms. The predicted molar refractivity (Wildman–Crippen MR) is 101 cm³/mol. The van der Waals surface area contributed by atoms with Gasteiger partial charge in [0, 0.05) is 26.1 Å². The van der Waals surface area contributed by atoms with Crippen LogP contribution in [0.5, 0.6) is 0 Å². The van der Waals surface area contributed by atoms with Crippen LogP contribution >= 0.6 is 0 Å². The molecule has 1 unspecified atom stereocenters. The second-order valence-electron chi connectivity index (χ2n) is 7.84. The maximum absolute atomic E-state index is 13.0. The van der Waals surface area contributed by atoms with Crippen LogP contribution in [0.1, 0.15) is 37.3 Å². The SMILES string of the molecule is CCOC(=O)CN(CC1CC1)C(=O)C1CC(=O)N(Cc2cccc(C(F)(F)F)c2)C1. The Kier molecular flexibility index (Phi) is 6.67. The number of carbonyl (C=O) groups excluding carboxylic acids is 3. The fourth-order valence-electron chi connectivity index (χ4n) is 3.62. The third kappa shape index (κ3) is 5.73. The van der Waals surface area contributed by atoms with E-state index in [9.17, 15) is 27.6 Å². The van der Waals surface area contributed by atoms with Crippen LogP contribution in [0.4, 0.5) is 13.2 Å². The highest BCUT2D eigenvalue weighted by Gasteiger charge is 2.39. The molecule has 1 saturated carbocycles. The zero-order valence-electron chi connectivity index (χ0n) is 16.8. The average molecular weight is 426 g/mol. The van der Waals surface area contributed by atoms with Crippen LogP contribution in [0.3, 0.4) is 0 Å². The van der Waals surface area contributed by atoms with Crippen LogP contribution in [0, 0.1) is 11.8 Å². The fourth-order valence-corrected chi connectivity index (χ4v) is 3.62. The van der Waals surface area contributed by atoms with E-state index in [1.807, 2.05) is 0 Å². The second-order valence-corrected chi connectivity index (χ2v) is 7.84. The molecule has 1 aromatic carbocycles. The minimum absolute atomic E-state index is 0.00698. The van der Waals surface area contributed by atoms with Gasteiger partial charge in [-0.05, 0) is 43.4 Å². The molecule has 2 aliphatic rings. The first-order chi connectivity index (χ1) is 14.2. The summed E-state index contributed by atoms with van der Waals surface area (Å²) in [6.07, 6.45) is -2.47. The first kappa shape index (κ1) is 22.1. The van der Waals surface area contributed by atoms with Crippen molar-refractivity contribution in [1.82, 2.24) is 9.80 Å². The summed E-state index contributed by atoms with van der Waals surface area (Å²) < 4.78 is 43.7. The van der Waals surface area contributed by atoms with E-state index in [0.717, 1.165) is 25.0 Å². The number of esters is 1. The number of amides is 2. The molecular formula is C21H25F3N2O4. The molecule has 2 fully saturated rings. The molecule has 30 heavy (non-hydrogen) atoms. The highest BCUT2D eigenvalue weighted by atomic mass is 19.4. The van der Waals surface area contributed by atoms with Gasteiger partial charge in [-0.15, -0.1) is 0 Å². The van der Waals surface area contributed by atoms with E-state index in [1.165, 1.54) is 21.9 Å². The lowest BCUT2D eigenvalue weighted by atomic mass is 10.1. The summed E-state index contributed by atoms with van der Waals surface area (Å²) in [5, 5.41) is 0. The maximum atomic E-state index is 13.0. The minimum Gasteiger partial charge on any atom is -0.465 e. The first-order valence-electron chi connectivity index (χ1n) is 10.1. The molecule has 164 valence electrons. The number of rotatable bonds is 8. The zero-order chi connectivity index (χ0) is 21.9. The van der Waals surface area contributed by atoms with Crippen molar-refractivity contribution < 1.29 is 32.3 Å². The largest absolute Gasteiger partial charge is 0.465 e. The number of carbonyl (C=O) groups is 3. The molecule has 0 aromatic heterocycles. The lowest BCUT2D eigenvalue weighted by molar-refractivity contribution is -0.150. The molecule has 0 spiro atoms. The molecule has 0 radical (unpaired) electrons. The highest BCUT2D eigenvalue weighted by Crippen LogP contribution is 2.32. The highest BCUT2D eigenvalue weighted by molar-refractivity contribution is 5.90. The van der Waals surface area contributed by atoms with Gasteiger partial charge in [0.2, 0.25) is 11.8 Å². The molecule has 1 aliphatic carbocycles. The van der Waals surface area contributed by atoms with E-state index in [2.05, 4.69) is 0 Å². The van der Waals surface area contributed by atoms with Crippen molar-refractivity contribution in [3.05, 3.63) is 35.4 Å². The van der Waals surface area contributed by atoms with Crippen molar-refractivity contribution in [3.63, 3.8) is 0 Å². The Balaban J connectivity index is 1.64. The molecule has 1 atom stereocenters. The van der Waals surface area contributed by atoms with Crippen LogP contribution in [0.25, 0.3) is 0 Å². The topological polar surface area (TPSA) is 66.9 Å². The van der Waals surface area contributed by atoms with E-state index in [0.29, 0.717) is 18.0 Å². The number of hydrogen-bond acceptors (Lipinski definition) is 4. The van der Waals surface area contributed by atoms with Gasteiger partial charge in [0.05, 0.1) is 18.1 Å². The minimum atomic E-state index is -4.46. The number of benzene rings is 1. The van der Waals surface area contributed by atoms with Gasteiger partial charge >= 0.3 is 12.1 Å². The van der Waals surface area contributed by atoms with Gasteiger partial charge in [-0.3, -0.25) is 14.4 Å². The Hall–Kier alpha value is -2.58. The lowest BCUT2D eigenvalue weighted by Crippen LogP contribution is -2.42. The number of hydrogen-bond donors (Lipinski definition) is 0. The number of likely N-dealkylation sites (tertiary alicyclic amines) is 1. The lowest BCUT2D eigenvalue weighted by Gasteiger charge is -2.25. The van der Waals surface area contributed by atoms with Gasteiger partial charge in [0.1, 0.15) is 6.54 Å². The third-order valence-electron chi connectivity index (χ3n) is 5.30. The van der Waals surface area contributed by atoms with Gasteiger partial charge in [0.15, 0.2) is 0 Å². The Morgan fingerprint density at radius 1 is 1.27 bits per heavy atom. The number of alkyl halides is 3. The maximum Gasteiger partial charge on any atom is 0.416 e. The van der Waals surface area contributed by atoms with Crippen molar-refractivity contribution in [2.75, 3.05) is 26.2 Å². The normalized spacial score (nSPS) is 19.1. The summed E-state index contributed by atoms with van der Waals surface area (Å²) in [5.74, 6) is -1.31. The smallest absolute Gasteiger partial charge is 0.416 e. The fraction of sp³-hybridized carbons (Fsp3) is 0.571. The van der Waals surface area contributed by atoms with Crippen LogP contribution < -0.4 is 0 Å². The van der Waals surface area contributed by atoms with Crippen LogP contribution in [0.2, 0.25) is 0 Å². The van der Waals surface area contributed by atoms with Crippen molar-refractivity contribution in [2.24, 2.45) is 11.8 Å². The van der Waals surface area contributed by atoms with Crippen molar-refractivity contribution >= 4 is 17.8 Å². The number of halogens is 3. The van der Waals surface area contributed by atoms with Gasteiger partial charge in [-0.2, -0.15) is 13.2 Å². The van der Waals surface area contributed by atoms with E-state index < -0.39 is 23.6 Å². The van der Waals surface area contributed by atoms with Crippen molar-refractivity contribution in [1.29, 1.82) is 0 Å². The van der Waals surface area contributed by atoms with Crippen LogP contribution in [-0.4, -0.2) is 53.8 Å². The summed E-state index contributed by atoms with van der Waals surface area (Å²) in [4.78, 5) is 40.1. The second kappa shape index (κ2) is 9.06. The van der Waals surface area contributed by atoms with E-state index in [4.69, 9.17) is 4.74 Å². The van der Waals surface area contributed by atoms with Gasteiger partial charge in [-0.25, -0.2) is 0 Å². The van der Waals surface area contributed by atoms with E-state index in [1.54, 1.807) is 6.92 Å². The molecule has 3 rings (SSSR count). The molecule has 6 nitrogen and oxygen atoms in total. The zero-order valence-corrected chi connectivity index (χ0v) is 16.8. The molecule has 1 heterocycles. The van der Waals surface area contributed by atoms with Crippen molar-refractivity contribution in [3.8, 4) is 0 Å². The Morgan fingerprint density at radius 2 is 2.00 bits per heavy atom. The first-order valence-corrected chi connectivity index (χ1v) is 10.1. The summed E-state index contributed by atoms with van der Waals surface area (Å²) in [5.41, 5.74) is -0.419. The summed E-state index contributed by atoms with van der Waals surface area (Å²) in [7, 11) is 0. The molecule has 1 aliphatic heterocycles. The molecule has 0 N–H and O–H groups in total. The molecule has 1 saturated heterocycles. The predicted octanol–water partition coefficient (Wildman–Crippen LogP) is 2.86. The third-order valence-corrected chi connectivity index (χ3v) is 5.30. The van der Waals surface area contributed by atoms with Gasteiger partial charge < -0.3 is 14.5 Å². The van der Waals surface area contributed by atoms with E-state index in [-0.39, 0.29) is 44.5 Å². The van der Waals surface area contributed by atoms with Crippen LogP contribution in [-0.2, 0) is 31.8 Å². The standard InChI is InChI=1S/C21H25F3N2O4/c1-2-30-19(28)13-26(10-14-6-7-14)20(29)16-9-18(27)25(12-16)11-15-4-3-5-17(8-15)21(22,23)24/h3-5,8,14,16H,2,6-7,9-13H2,1H3. The van der Waals surface area contributed by atoms with Crippen molar-refractivity contribution in [2.45, 2.75) is 38.9 Å². The van der Waals surface area contributed by atoms with Gasteiger partial charge in [-0.1, -0.05) is 12.1 Å².